The summed E-state index contributed by atoms with van der Waals surface area (Å²) < 4.78 is 5.75. The first kappa shape index (κ1) is 16.0. The highest BCUT2D eigenvalue weighted by Gasteiger charge is 2.13. The van der Waals surface area contributed by atoms with Crippen LogP contribution < -0.4 is 5.32 Å². The molecule has 0 saturated carbocycles. The van der Waals surface area contributed by atoms with E-state index < -0.39 is 0 Å². The molecule has 1 N–H and O–H groups in total. The van der Waals surface area contributed by atoms with Crippen molar-refractivity contribution in [1.29, 1.82) is 0 Å². The van der Waals surface area contributed by atoms with E-state index in [2.05, 4.69) is 15.3 Å². The summed E-state index contributed by atoms with van der Waals surface area (Å²) in [4.78, 5) is 21.1. The Kier molecular flexibility index (Phi) is 3.97. The maximum Gasteiger partial charge on any atom is 0.255 e. The molecular weight excluding hydrogens is 326 g/mol. The minimum atomic E-state index is -0.120. The molecule has 26 heavy (non-hydrogen) atoms. The van der Waals surface area contributed by atoms with Gasteiger partial charge in [-0.3, -0.25) is 4.79 Å². The second-order valence-corrected chi connectivity index (χ2v) is 6.14. The highest BCUT2D eigenvalue weighted by atomic mass is 16.3. The van der Waals surface area contributed by atoms with Crippen molar-refractivity contribution in [2.75, 3.05) is 5.32 Å². The number of anilines is 1. The first-order valence-corrected chi connectivity index (χ1v) is 8.31. The fourth-order valence-corrected chi connectivity index (χ4v) is 2.85. The summed E-state index contributed by atoms with van der Waals surface area (Å²) in [6.07, 6.45) is 1.68. The van der Waals surface area contributed by atoms with Gasteiger partial charge in [-0.15, -0.1) is 0 Å². The van der Waals surface area contributed by atoms with Crippen molar-refractivity contribution in [3.8, 4) is 11.5 Å². The van der Waals surface area contributed by atoms with Crippen LogP contribution in [0.15, 0.2) is 65.2 Å². The lowest BCUT2D eigenvalue weighted by molar-refractivity contribution is 0.102. The number of oxazole rings is 1. The summed E-state index contributed by atoms with van der Waals surface area (Å²) in [7, 11) is 0. The van der Waals surface area contributed by atoms with Crippen molar-refractivity contribution in [3.05, 3.63) is 77.5 Å². The topological polar surface area (TPSA) is 68.0 Å². The van der Waals surface area contributed by atoms with Gasteiger partial charge in [0.1, 0.15) is 0 Å². The van der Waals surface area contributed by atoms with Crippen molar-refractivity contribution in [2.24, 2.45) is 0 Å². The second-order valence-electron chi connectivity index (χ2n) is 6.14. The summed E-state index contributed by atoms with van der Waals surface area (Å²) in [6.45, 7) is 3.87. The number of aryl methyl sites for hydroxylation is 2. The number of fused-ring (bicyclic) bond motifs is 1. The molecule has 1 amide bonds. The molecular formula is C21H17N3O2. The van der Waals surface area contributed by atoms with Crippen LogP contribution in [0.5, 0.6) is 0 Å². The van der Waals surface area contributed by atoms with Crippen LogP contribution in [0.1, 0.15) is 21.5 Å². The molecule has 0 aliphatic rings. The van der Waals surface area contributed by atoms with Crippen molar-refractivity contribution in [1.82, 2.24) is 9.97 Å². The van der Waals surface area contributed by atoms with Crippen LogP contribution in [0.25, 0.3) is 22.7 Å². The van der Waals surface area contributed by atoms with Gasteiger partial charge in [0.15, 0.2) is 11.2 Å². The molecule has 2 aromatic heterocycles. The normalized spacial score (nSPS) is 10.8. The standard InChI is InChI=1S/C21H17N3O2/c1-13-6-3-4-7-16(13)20(25)23-17-10-9-15(12-14(17)2)21-24-19-18(26-21)8-5-11-22-19/h3-12H,1-2H3,(H,23,25). The average molecular weight is 343 g/mol. The second kappa shape index (κ2) is 6.44. The number of pyridine rings is 1. The molecule has 128 valence electrons. The molecule has 0 unspecified atom stereocenters. The third-order valence-electron chi connectivity index (χ3n) is 4.28. The van der Waals surface area contributed by atoms with Gasteiger partial charge in [0.05, 0.1) is 0 Å². The van der Waals surface area contributed by atoms with Crippen molar-refractivity contribution >= 4 is 22.8 Å². The van der Waals surface area contributed by atoms with Gasteiger partial charge >= 0.3 is 0 Å². The molecule has 0 aliphatic heterocycles. The van der Waals surface area contributed by atoms with Gasteiger partial charge in [-0.1, -0.05) is 18.2 Å². The van der Waals surface area contributed by atoms with Crippen LogP contribution in [0.4, 0.5) is 5.69 Å². The molecule has 0 radical (unpaired) electrons. The number of nitrogens with zero attached hydrogens (tertiary/aromatic N) is 2. The van der Waals surface area contributed by atoms with Crippen LogP contribution in [-0.4, -0.2) is 15.9 Å². The fourth-order valence-electron chi connectivity index (χ4n) is 2.85. The van der Waals surface area contributed by atoms with E-state index >= 15 is 0 Å². The average Bonchev–Trinajstić information content (AvgIpc) is 3.08. The van der Waals surface area contributed by atoms with Crippen LogP contribution in [0, 0.1) is 13.8 Å². The Morgan fingerprint density at radius 1 is 1.00 bits per heavy atom. The largest absolute Gasteiger partial charge is 0.434 e. The highest BCUT2D eigenvalue weighted by Crippen LogP contribution is 2.27. The lowest BCUT2D eigenvalue weighted by atomic mass is 10.1. The molecule has 0 atom stereocenters. The molecule has 0 fully saturated rings. The zero-order valence-corrected chi connectivity index (χ0v) is 14.5. The van der Waals surface area contributed by atoms with E-state index in [4.69, 9.17) is 4.42 Å². The quantitative estimate of drug-likeness (QED) is 0.582. The smallest absolute Gasteiger partial charge is 0.255 e. The Morgan fingerprint density at radius 3 is 2.62 bits per heavy atom. The maximum absolute atomic E-state index is 12.5. The Bertz CT molecular complexity index is 1080. The van der Waals surface area contributed by atoms with Crippen molar-refractivity contribution in [3.63, 3.8) is 0 Å². The third-order valence-corrected chi connectivity index (χ3v) is 4.28. The van der Waals surface area contributed by atoms with Crippen LogP contribution >= 0.6 is 0 Å². The maximum atomic E-state index is 12.5. The van der Waals surface area contributed by atoms with Crippen molar-refractivity contribution < 1.29 is 9.21 Å². The third kappa shape index (κ3) is 2.95. The van der Waals surface area contributed by atoms with Gasteiger partial charge in [-0.25, -0.2) is 4.98 Å². The number of benzene rings is 2. The molecule has 0 aliphatic carbocycles. The number of aromatic nitrogens is 2. The van der Waals surface area contributed by atoms with Crippen LogP contribution in [0.3, 0.4) is 0 Å². The summed E-state index contributed by atoms with van der Waals surface area (Å²) >= 11 is 0. The molecule has 2 heterocycles. The summed E-state index contributed by atoms with van der Waals surface area (Å²) in [5.74, 6) is 0.392. The Labute approximate surface area is 150 Å². The van der Waals surface area contributed by atoms with Crippen LogP contribution in [-0.2, 0) is 0 Å². The van der Waals surface area contributed by atoms with E-state index in [1.807, 2.05) is 68.4 Å². The highest BCUT2D eigenvalue weighted by molar-refractivity contribution is 6.05. The van der Waals surface area contributed by atoms with E-state index in [0.29, 0.717) is 22.7 Å². The van der Waals surface area contributed by atoms with Gasteiger partial charge in [0, 0.05) is 23.0 Å². The first-order valence-electron chi connectivity index (χ1n) is 8.31. The monoisotopic (exact) mass is 343 g/mol. The number of hydrogen-bond acceptors (Lipinski definition) is 4. The SMILES string of the molecule is Cc1cc(-c2nc3ncccc3o2)ccc1NC(=O)c1ccccc1C. The van der Waals surface area contributed by atoms with Gasteiger partial charge in [-0.05, 0) is 61.4 Å². The van der Waals surface area contributed by atoms with E-state index in [0.717, 1.165) is 22.4 Å². The van der Waals surface area contributed by atoms with E-state index in [-0.39, 0.29) is 5.91 Å². The minimum Gasteiger partial charge on any atom is -0.434 e. The molecule has 0 spiro atoms. The molecule has 5 heteroatoms. The molecule has 5 nitrogen and oxygen atoms in total. The number of amides is 1. The minimum absolute atomic E-state index is 0.120. The van der Waals surface area contributed by atoms with Crippen LogP contribution in [0.2, 0.25) is 0 Å². The molecule has 2 aromatic carbocycles. The number of nitrogens with one attached hydrogen (secondary N) is 1. The van der Waals surface area contributed by atoms with E-state index in [1.54, 1.807) is 6.20 Å². The van der Waals surface area contributed by atoms with E-state index in [1.165, 1.54) is 0 Å². The predicted octanol–water partition coefficient (Wildman–Crippen LogP) is 4.76. The summed E-state index contributed by atoms with van der Waals surface area (Å²) in [5.41, 5.74) is 5.37. The zero-order chi connectivity index (χ0) is 18.1. The summed E-state index contributed by atoms with van der Waals surface area (Å²) in [6, 6.07) is 16.9. The predicted molar refractivity (Wildman–Crippen MR) is 101 cm³/mol. The van der Waals surface area contributed by atoms with Gasteiger partial charge in [0.25, 0.3) is 5.91 Å². The first-order chi connectivity index (χ1) is 12.6. The van der Waals surface area contributed by atoms with Gasteiger partial charge in [0.2, 0.25) is 5.89 Å². The lowest BCUT2D eigenvalue weighted by Gasteiger charge is -2.10. The fraction of sp³-hybridized carbons (Fsp3) is 0.0952. The number of hydrogen-bond donors (Lipinski definition) is 1. The summed E-state index contributed by atoms with van der Waals surface area (Å²) in [5, 5.41) is 2.97. The number of rotatable bonds is 3. The number of carbonyl (C=O) groups is 1. The Balaban J connectivity index is 1.62. The molecule has 4 rings (SSSR count). The van der Waals surface area contributed by atoms with Gasteiger partial charge < -0.3 is 9.73 Å². The molecule has 0 bridgehead atoms. The zero-order valence-electron chi connectivity index (χ0n) is 14.5. The molecule has 0 saturated heterocycles. The Hall–Kier alpha value is -3.47. The molecule has 4 aromatic rings. The Morgan fingerprint density at radius 2 is 1.85 bits per heavy atom. The van der Waals surface area contributed by atoms with E-state index in [9.17, 15) is 4.79 Å². The lowest BCUT2D eigenvalue weighted by Crippen LogP contribution is -2.14. The van der Waals surface area contributed by atoms with Gasteiger partial charge in [-0.2, -0.15) is 4.98 Å². The van der Waals surface area contributed by atoms with Crippen molar-refractivity contribution in [2.45, 2.75) is 13.8 Å². The number of carbonyl (C=O) groups excluding carboxylic acids is 1.